The van der Waals surface area contributed by atoms with E-state index in [0.29, 0.717) is 17.8 Å². The average molecular weight is 418 g/mol. The van der Waals surface area contributed by atoms with Gasteiger partial charge in [-0.3, -0.25) is 4.79 Å². The van der Waals surface area contributed by atoms with Crippen LogP contribution in [0.25, 0.3) is 15.9 Å². The Morgan fingerprint density at radius 1 is 1.32 bits per heavy atom. The number of rotatable bonds is 4. The third-order valence-corrected chi connectivity index (χ3v) is 8.08. The quantitative estimate of drug-likeness (QED) is 0.653. The van der Waals surface area contributed by atoms with Gasteiger partial charge in [0.15, 0.2) is 9.84 Å². The van der Waals surface area contributed by atoms with Crippen LogP contribution in [0.15, 0.2) is 30.6 Å². The molecule has 3 aromatic rings. The SMILES string of the molecule is CCN(C(=O)c1sc2nc(C)cc(C)c2c1-n1cccc1)[C@@H]1CCS(=O)(=O)C1. The minimum absolute atomic E-state index is 0.0483. The van der Waals surface area contributed by atoms with Gasteiger partial charge >= 0.3 is 0 Å². The summed E-state index contributed by atoms with van der Waals surface area (Å²) in [5.41, 5.74) is 2.82. The minimum Gasteiger partial charge on any atom is -0.334 e. The summed E-state index contributed by atoms with van der Waals surface area (Å²) in [7, 11) is -3.06. The van der Waals surface area contributed by atoms with E-state index in [1.54, 1.807) is 4.90 Å². The molecular weight excluding hydrogens is 394 g/mol. The predicted molar refractivity (Wildman–Crippen MR) is 112 cm³/mol. The maximum atomic E-state index is 13.6. The zero-order valence-corrected chi connectivity index (χ0v) is 17.8. The molecule has 148 valence electrons. The number of hydrogen-bond donors (Lipinski definition) is 0. The summed E-state index contributed by atoms with van der Waals surface area (Å²) in [6, 6.07) is 5.62. The molecule has 8 heteroatoms. The van der Waals surface area contributed by atoms with Crippen molar-refractivity contribution in [2.75, 3.05) is 18.1 Å². The van der Waals surface area contributed by atoms with Crippen molar-refractivity contribution in [1.82, 2.24) is 14.5 Å². The highest BCUT2D eigenvalue weighted by atomic mass is 32.2. The van der Waals surface area contributed by atoms with Crippen molar-refractivity contribution in [3.8, 4) is 5.69 Å². The Morgan fingerprint density at radius 2 is 2.04 bits per heavy atom. The number of carbonyl (C=O) groups excluding carboxylic acids is 1. The molecule has 1 fully saturated rings. The Labute approximate surface area is 168 Å². The van der Waals surface area contributed by atoms with Gasteiger partial charge < -0.3 is 9.47 Å². The van der Waals surface area contributed by atoms with Gasteiger partial charge in [-0.25, -0.2) is 13.4 Å². The first-order valence-corrected chi connectivity index (χ1v) is 12.0. The first kappa shape index (κ1) is 19.1. The van der Waals surface area contributed by atoms with Crippen LogP contribution in [0.2, 0.25) is 0 Å². The smallest absolute Gasteiger partial charge is 0.266 e. The molecule has 1 amide bonds. The monoisotopic (exact) mass is 417 g/mol. The molecule has 28 heavy (non-hydrogen) atoms. The molecule has 0 unspecified atom stereocenters. The molecule has 0 bridgehead atoms. The standard InChI is InChI=1S/C20H23N3O3S2/c1-4-23(15-7-10-28(25,26)12-15)20(24)18-17(22-8-5-6-9-22)16-13(2)11-14(3)21-19(16)27-18/h5-6,8-9,11,15H,4,7,10,12H2,1-3H3/t15-/m1/s1. The van der Waals surface area contributed by atoms with E-state index < -0.39 is 9.84 Å². The van der Waals surface area contributed by atoms with E-state index in [4.69, 9.17) is 0 Å². The fourth-order valence-electron chi connectivity index (χ4n) is 4.02. The van der Waals surface area contributed by atoms with Crippen molar-refractivity contribution in [2.45, 2.75) is 33.2 Å². The lowest BCUT2D eigenvalue weighted by atomic mass is 10.1. The third-order valence-electron chi connectivity index (χ3n) is 5.27. The van der Waals surface area contributed by atoms with Crippen LogP contribution in [0, 0.1) is 13.8 Å². The lowest BCUT2D eigenvalue weighted by Gasteiger charge is -2.26. The number of fused-ring (bicyclic) bond motifs is 1. The van der Waals surface area contributed by atoms with E-state index in [1.165, 1.54) is 11.3 Å². The fourth-order valence-corrected chi connectivity index (χ4v) is 7.00. The molecule has 4 rings (SSSR count). The molecule has 1 aliphatic rings. The number of carbonyl (C=O) groups is 1. The second-order valence-corrected chi connectivity index (χ2v) is 10.5. The van der Waals surface area contributed by atoms with Crippen molar-refractivity contribution >= 4 is 37.3 Å². The number of pyridine rings is 1. The second kappa shape index (κ2) is 7.00. The molecule has 0 aliphatic carbocycles. The van der Waals surface area contributed by atoms with Gasteiger partial charge in [0.25, 0.3) is 5.91 Å². The summed E-state index contributed by atoms with van der Waals surface area (Å²) in [5.74, 6) is 0.0820. The van der Waals surface area contributed by atoms with Gasteiger partial charge in [-0.2, -0.15) is 0 Å². The van der Waals surface area contributed by atoms with Gasteiger partial charge in [0.2, 0.25) is 0 Å². The average Bonchev–Trinajstić information content (AvgIpc) is 3.33. The fraction of sp³-hybridized carbons (Fsp3) is 0.400. The molecule has 6 nitrogen and oxygen atoms in total. The summed E-state index contributed by atoms with van der Waals surface area (Å²) >= 11 is 1.39. The summed E-state index contributed by atoms with van der Waals surface area (Å²) in [6.45, 7) is 6.36. The lowest BCUT2D eigenvalue weighted by Crippen LogP contribution is -2.41. The molecule has 3 aromatic heterocycles. The van der Waals surface area contributed by atoms with Crippen LogP contribution in [0.3, 0.4) is 0 Å². The first-order chi connectivity index (χ1) is 13.3. The summed E-state index contributed by atoms with van der Waals surface area (Å²) in [6.07, 6.45) is 4.35. The van der Waals surface area contributed by atoms with Gasteiger partial charge in [-0.15, -0.1) is 11.3 Å². The van der Waals surface area contributed by atoms with Crippen LogP contribution in [-0.4, -0.2) is 52.9 Å². The zero-order valence-electron chi connectivity index (χ0n) is 16.2. The number of nitrogens with zero attached hydrogens (tertiary/aromatic N) is 3. The zero-order chi connectivity index (χ0) is 20.1. The van der Waals surface area contributed by atoms with Crippen LogP contribution in [0.1, 0.15) is 34.3 Å². The van der Waals surface area contributed by atoms with Crippen LogP contribution >= 0.6 is 11.3 Å². The number of thiophene rings is 1. The van der Waals surface area contributed by atoms with E-state index >= 15 is 0 Å². The molecule has 0 spiro atoms. The number of amides is 1. The Hall–Kier alpha value is -2.19. The van der Waals surface area contributed by atoms with Crippen LogP contribution in [-0.2, 0) is 9.84 Å². The van der Waals surface area contributed by atoms with E-state index in [0.717, 1.165) is 27.2 Å². The topological polar surface area (TPSA) is 72.3 Å². The number of aryl methyl sites for hydroxylation is 2. The Kier molecular flexibility index (Phi) is 4.79. The largest absolute Gasteiger partial charge is 0.334 e. The maximum absolute atomic E-state index is 13.6. The highest BCUT2D eigenvalue weighted by Crippen LogP contribution is 2.37. The van der Waals surface area contributed by atoms with Crippen LogP contribution in [0.4, 0.5) is 0 Å². The minimum atomic E-state index is -3.06. The number of sulfone groups is 1. The van der Waals surface area contributed by atoms with Crippen molar-refractivity contribution in [3.63, 3.8) is 0 Å². The van der Waals surface area contributed by atoms with Gasteiger partial charge in [0, 0.05) is 36.1 Å². The summed E-state index contributed by atoms with van der Waals surface area (Å²) < 4.78 is 25.8. The molecule has 0 aromatic carbocycles. The third kappa shape index (κ3) is 3.24. The molecule has 0 saturated carbocycles. The van der Waals surface area contributed by atoms with Crippen LogP contribution in [0.5, 0.6) is 0 Å². The molecule has 1 aliphatic heterocycles. The molecule has 1 atom stereocenters. The van der Waals surface area contributed by atoms with Crippen LogP contribution < -0.4 is 0 Å². The number of hydrogen-bond acceptors (Lipinski definition) is 5. The van der Waals surface area contributed by atoms with E-state index in [9.17, 15) is 13.2 Å². The maximum Gasteiger partial charge on any atom is 0.266 e. The lowest BCUT2D eigenvalue weighted by molar-refractivity contribution is 0.0713. The summed E-state index contributed by atoms with van der Waals surface area (Å²) in [5, 5.41) is 0.977. The van der Waals surface area contributed by atoms with Gasteiger partial charge in [-0.1, -0.05) is 0 Å². The van der Waals surface area contributed by atoms with Gasteiger partial charge in [0.05, 0.1) is 17.2 Å². The van der Waals surface area contributed by atoms with Gasteiger partial charge in [-0.05, 0) is 51.0 Å². The summed E-state index contributed by atoms with van der Waals surface area (Å²) in [4.78, 5) is 21.4. The van der Waals surface area contributed by atoms with E-state index in [-0.39, 0.29) is 23.5 Å². The molecule has 4 heterocycles. The Balaban J connectivity index is 1.87. The predicted octanol–water partition coefficient (Wildman–Crippen LogP) is 3.35. The van der Waals surface area contributed by atoms with Crippen molar-refractivity contribution in [1.29, 1.82) is 0 Å². The van der Waals surface area contributed by atoms with Gasteiger partial charge in [0.1, 0.15) is 9.71 Å². The second-order valence-electron chi connectivity index (χ2n) is 7.28. The Bertz CT molecular complexity index is 1150. The molecular formula is C20H23N3O3S2. The highest BCUT2D eigenvalue weighted by Gasteiger charge is 2.36. The molecule has 0 radical (unpaired) electrons. The number of aromatic nitrogens is 2. The van der Waals surface area contributed by atoms with E-state index in [1.807, 2.05) is 55.9 Å². The first-order valence-electron chi connectivity index (χ1n) is 9.36. The highest BCUT2D eigenvalue weighted by molar-refractivity contribution is 7.91. The van der Waals surface area contributed by atoms with Crippen molar-refractivity contribution in [3.05, 3.63) is 46.7 Å². The van der Waals surface area contributed by atoms with E-state index in [2.05, 4.69) is 4.98 Å². The Morgan fingerprint density at radius 3 is 2.64 bits per heavy atom. The normalized spacial score (nSPS) is 18.6. The molecule has 1 saturated heterocycles. The van der Waals surface area contributed by atoms with Crippen molar-refractivity contribution in [2.24, 2.45) is 0 Å². The van der Waals surface area contributed by atoms with Crippen molar-refractivity contribution < 1.29 is 13.2 Å². The molecule has 0 N–H and O–H groups in total.